The summed E-state index contributed by atoms with van der Waals surface area (Å²) in [6.45, 7) is 6.28. The van der Waals surface area contributed by atoms with Crippen molar-refractivity contribution in [3.63, 3.8) is 0 Å². The van der Waals surface area contributed by atoms with Crippen LogP contribution in [0.2, 0.25) is 0 Å². The van der Waals surface area contributed by atoms with Gasteiger partial charge in [0.1, 0.15) is 0 Å². The molecule has 2 aliphatic carbocycles. The SMILES string of the molecule is CCN(CC)C(=O)[C@@H]1C=C2c3cccc4c3c(c(Br)n4C(=O)C3CCC3)C[C@H]2N(C)C1. The largest absolute Gasteiger partial charge is 0.343 e. The summed E-state index contributed by atoms with van der Waals surface area (Å²) in [5.74, 6) is 0.437. The normalized spacial score (nSPS) is 23.3. The molecular weight excluding hydrogens is 454 g/mol. The minimum absolute atomic E-state index is 0.130. The molecule has 0 unspecified atom stereocenters. The zero-order valence-electron chi connectivity index (χ0n) is 18.5. The van der Waals surface area contributed by atoms with E-state index in [0.29, 0.717) is 0 Å². The maximum absolute atomic E-state index is 13.2. The van der Waals surface area contributed by atoms with Crippen molar-refractivity contribution in [2.45, 2.75) is 45.6 Å². The Bertz CT molecular complexity index is 1090. The smallest absolute Gasteiger partial charge is 0.235 e. The number of hydrogen-bond acceptors (Lipinski definition) is 3. The topological polar surface area (TPSA) is 45.6 Å². The molecule has 1 aliphatic heterocycles. The first-order chi connectivity index (χ1) is 15.0. The molecule has 1 aromatic carbocycles. The third-order valence-electron chi connectivity index (χ3n) is 7.56. The highest BCUT2D eigenvalue weighted by molar-refractivity contribution is 9.10. The van der Waals surface area contributed by atoms with Crippen molar-refractivity contribution >= 4 is 44.2 Å². The lowest BCUT2D eigenvalue weighted by molar-refractivity contribution is -0.134. The predicted molar refractivity (Wildman–Crippen MR) is 127 cm³/mol. The van der Waals surface area contributed by atoms with E-state index >= 15 is 0 Å². The molecule has 2 atom stereocenters. The van der Waals surface area contributed by atoms with Crippen molar-refractivity contribution in [3.8, 4) is 0 Å². The quantitative estimate of drug-likeness (QED) is 0.638. The summed E-state index contributed by atoms with van der Waals surface area (Å²) in [6.07, 6.45) is 6.19. The number of aromatic nitrogens is 1. The monoisotopic (exact) mass is 483 g/mol. The van der Waals surface area contributed by atoms with Crippen LogP contribution in [0, 0.1) is 11.8 Å². The zero-order chi connectivity index (χ0) is 21.9. The average Bonchev–Trinajstić information content (AvgIpc) is 3.01. The minimum atomic E-state index is -0.130. The number of carbonyl (C=O) groups is 2. The number of fused-ring (bicyclic) bond motifs is 2. The number of carbonyl (C=O) groups excluding carboxylic acids is 2. The molecule has 31 heavy (non-hydrogen) atoms. The van der Waals surface area contributed by atoms with Gasteiger partial charge in [-0.05, 0) is 78.9 Å². The van der Waals surface area contributed by atoms with Gasteiger partial charge < -0.3 is 4.90 Å². The van der Waals surface area contributed by atoms with Gasteiger partial charge in [-0.25, -0.2) is 0 Å². The van der Waals surface area contributed by atoms with Gasteiger partial charge in [0.25, 0.3) is 0 Å². The Kier molecular flexibility index (Phi) is 5.33. The van der Waals surface area contributed by atoms with Crippen LogP contribution in [-0.4, -0.2) is 58.9 Å². The second kappa shape index (κ2) is 7.89. The van der Waals surface area contributed by atoms with Gasteiger partial charge in [0, 0.05) is 37.0 Å². The Balaban J connectivity index is 1.64. The molecule has 0 spiro atoms. The van der Waals surface area contributed by atoms with Crippen LogP contribution in [0.5, 0.6) is 0 Å². The summed E-state index contributed by atoms with van der Waals surface area (Å²) in [4.78, 5) is 30.6. The number of likely N-dealkylation sites (N-methyl/N-ethyl adjacent to an activating group) is 1. The van der Waals surface area contributed by atoms with E-state index in [-0.39, 0.29) is 29.7 Å². The maximum atomic E-state index is 13.2. The van der Waals surface area contributed by atoms with Crippen molar-refractivity contribution in [3.05, 3.63) is 40.0 Å². The molecule has 0 bridgehead atoms. The second-order valence-electron chi connectivity index (χ2n) is 9.17. The highest BCUT2D eigenvalue weighted by Gasteiger charge is 2.39. The van der Waals surface area contributed by atoms with Crippen molar-refractivity contribution in [2.24, 2.45) is 11.8 Å². The van der Waals surface area contributed by atoms with Gasteiger partial charge in [0.05, 0.1) is 16.0 Å². The van der Waals surface area contributed by atoms with Gasteiger partial charge in [-0.2, -0.15) is 0 Å². The molecule has 1 amide bonds. The van der Waals surface area contributed by atoms with Gasteiger partial charge in [0.15, 0.2) is 0 Å². The summed E-state index contributed by atoms with van der Waals surface area (Å²) in [5, 5.41) is 1.17. The third kappa shape index (κ3) is 3.13. The highest BCUT2D eigenvalue weighted by atomic mass is 79.9. The Labute approximate surface area is 192 Å². The van der Waals surface area contributed by atoms with E-state index in [2.05, 4.69) is 52.2 Å². The summed E-state index contributed by atoms with van der Waals surface area (Å²) in [7, 11) is 2.12. The van der Waals surface area contributed by atoms with Crippen LogP contribution in [0.4, 0.5) is 0 Å². The van der Waals surface area contributed by atoms with Gasteiger partial charge in [0.2, 0.25) is 11.8 Å². The van der Waals surface area contributed by atoms with Crippen LogP contribution < -0.4 is 0 Å². The number of halogens is 1. The van der Waals surface area contributed by atoms with Crippen LogP contribution in [0.15, 0.2) is 28.9 Å². The third-order valence-corrected chi connectivity index (χ3v) is 8.40. The lowest BCUT2D eigenvalue weighted by atomic mass is 9.79. The molecule has 2 aromatic rings. The van der Waals surface area contributed by atoms with Crippen molar-refractivity contribution in [2.75, 3.05) is 26.7 Å². The number of rotatable bonds is 4. The molecule has 1 fully saturated rings. The Hall–Kier alpha value is -1.92. The Morgan fingerprint density at radius 3 is 2.58 bits per heavy atom. The van der Waals surface area contributed by atoms with Crippen molar-refractivity contribution < 1.29 is 9.59 Å². The molecule has 1 aromatic heterocycles. The van der Waals surface area contributed by atoms with E-state index in [4.69, 9.17) is 0 Å². The fraction of sp³-hybridized carbons (Fsp3) is 0.520. The average molecular weight is 484 g/mol. The number of nitrogens with zero attached hydrogens (tertiary/aromatic N) is 3. The van der Waals surface area contributed by atoms with Gasteiger partial charge >= 0.3 is 0 Å². The summed E-state index contributed by atoms with van der Waals surface area (Å²) in [6, 6.07) is 6.50. The van der Waals surface area contributed by atoms with Crippen LogP contribution in [0.1, 0.15) is 49.0 Å². The molecule has 0 radical (unpaired) electrons. The summed E-state index contributed by atoms with van der Waals surface area (Å²) >= 11 is 3.80. The lowest BCUT2D eigenvalue weighted by Crippen LogP contribution is -2.47. The van der Waals surface area contributed by atoms with Gasteiger partial charge in [-0.15, -0.1) is 0 Å². The number of amides is 1. The van der Waals surface area contributed by atoms with E-state index in [1.165, 1.54) is 22.1 Å². The number of benzene rings is 1. The molecule has 6 heteroatoms. The van der Waals surface area contributed by atoms with E-state index in [9.17, 15) is 9.59 Å². The molecular formula is C25H30BrN3O2. The van der Waals surface area contributed by atoms with Gasteiger partial charge in [-0.1, -0.05) is 24.6 Å². The fourth-order valence-electron chi connectivity index (χ4n) is 5.57. The number of hydrogen-bond donors (Lipinski definition) is 0. The minimum Gasteiger partial charge on any atom is -0.343 e. The molecule has 2 heterocycles. The molecule has 3 aliphatic rings. The fourth-order valence-corrected chi connectivity index (χ4v) is 6.30. The maximum Gasteiger partial charge on any atom is 0.235 e. The van der Waals surface area contributed by atoms with Crippen LogP contribution in [0.3, 0.4) is 0 Å². The Morgan fingerprint density at radius 2 is 1.94 bits per heavy atom. The molecule has 5 nitrogen and oxygen atoms in total. The summed E-state index contributed by atoms with van der Waals surface area (Å²) < 4.78 is 2.83. The van der Waals surface area contributed by atoms with Crippen LogP contribution in [0.25, 0.3) is 16.5 Å². The van der Waals surface area contributed by atoms with Crippen molar-refractivity contribution in [1.29, 1.82) is 0 Å². The molecule has 164 valence electrons. The van der Waals surface area contributed by atoms with E-state index < -0.39 is 0 Å². The zero-order valence-corrected chi connectivity index (χ0v) is 20.1. The molecule has 1 saturated carbocycles. The molecule has 5 rings (SSSR count). The predicted octanol–water partition coefficient (Wildman–Crippen LogP) is 4.58. The molecule has 0 N–H and O–H groups in total. The van der Waals surface area contributed by atoms with E-state index in [1.807, 2.05) is 23.3 Å². The first-order valence-corrected chi connectivity index (χ1v) is 12.3. The van der Waals surface area contributed by atoms with Gasteiger partial charge in [-0.3, -0.25) is 19.1 Å². The van der Waals surface area contributed by atoms with Crippen molar-refractivity contribution in [1.82, 2.24) is 14.4 Å². The van der Waals surface area contributed by atoms with Crippen LogP contribution in [-0.2, 0) is 11.2 Å². The first-order valence-electron chi connectivity index (χ1n) is 11.5. The van der Waals surface area contributed by atoms with Crippen LogP contribution >= 0.6 is 15.9 Å². The Morgan fingerprint density at radius 1 is 1.19 bits per heavy atom. The standard InChI is InChI=1S/C25H30BrN3O2/c1-4-28(5-2)24(30)16-12-18-17-10-7-11-20-22(17)19(13-21(18)27(3)14-16)23(26)29(20)25(31)15-8-6-9-15/h7,10-12,15-16,21H,4-6,8-9,13-14H2,1-3H3/t16-,21-/m1/s1. The second-order valence-corrected chi connectivity index (χ2v) is 9.92. The molecule has 0 saturated heterocycles. The highest BCUT2D eigenvalue weighted by Crippen LogP contribution is 2.45. The lowest BCUT2D eigenvalue weighted by Gasteiger charge is -2.40. The first kappa shape index (κ1) is 21.0. The van der Waals surface area contributed by atoms with E-state index in [0.717, 1.165) is 55.4 Å². The van der Waals surface area contributed by atoms with E-state index in [1.54, 1.807) is 0 Å². The summed E-state index contributed by atoms with van der Waals surface area (Å²) in [5.41, 5.74) is 4.63.